The monoisotopic (exact) mass is 430 g/mol. The van der Waals surface area contributed by atoms with Crippen molar-refractivity contribution in [3.63, 3.8) is 0 Å². The number of halogens is 2. The second-order valence-corrected chi connectivity index (χ2v) is 8.13. The van der Waals surface area contributed by atoms with Gasteiger partial charge in [-0.3, -0.25) is 0 Å². The van der Waals surface area contributed by atoms with Crippen LogP contribution < -0.4 is 5.32 Å². The number of nitrogens with one attached hydrogen (secondary N) is 1. The first-order chi connectivity index (χ1) is 9.95. The fourth-order valence-electron chi connectivity index (χ4n) is 2.24. The van der Waals surface area contributed by atoms with E-state index in [1.807, 2.05) is 24.3 Å². The van der Waals surface area contributed by atoms with E-state index in [0.29, 0.717) is 6.54 Å². The van der Waals surface area contributed by atoms with E-state index < -0.39 is 6.10 Å². The molecule has 0 spiro atoms. The molecule has 1 aliphatic heterocycles. The first-order valence-corrected chi connectivity index (χ1v) is 8.63. The summed E-state index contributed by atoms with van der Waals surface area (Å²) in [5, 5.41) is 13.3. The Morgan fingerprint density at radius 2 is 2.14 bits per heavy atom. The number of benzene rings is 1. The van der Waals surface area contributed by atoms with Crippen molar-refractivity contribution in [1.29, 1.82) is 0 Å². The minimum absolute atomic E-state index is 0.109. The molecule has 0 fully saturated rings. The van der Waals surface area contributed by atoms with Gasteiger partial charge < -0.3 is 15.3 Å². The number of hydrogen-bond donors (Lipinski definition) is 2. The summed E-state index contributed by atoms with van der Waals surface area (Å²) in [7, 11) is 1.74. The van der Waals surface area contributed by atoms with Crippen molar-refractivity contribution in [2.45, 2.75) is 12.6 Å². The van der Waals surface area contributed by atoms with Crippen LogP contribution in [0.1, 0.15) is 22.1 Å². The quantitative estimate of drug-likeness (QED) is 0.743. The summed E-state index contributed by atoms with van der Waals surface area (Å²) >= 11 is 8.36. The van der Waals surface area contributed by atoms with Gasteiger partial charge in [0.2, 0.25) is 0 Å². The van der Waals surface area contributed by atoms with Crippen molar-refractivity contribution in [1.82, 2.24) is 4.90 Å². The highest BCUT2D eigenvalue weighted by Crippen LogP contribution is 2.38. The summed E-state index contributed by atoms with van der Waals surface area (Å²) in [5.41, 5.74) is 2.63. The van der Waals surface area contributed by atoms with Crippen LogP contribution in [0.25, 0.3) is 0 Å². The fourth-order valence-corrected chi connectivity index (χ4v) is 4.34. The van der Waals surface area contributed by atoms with Gasteiger partial charge in [0.05, 0.1) is 3.79 Å². The molecule has 0 saturated carbocycles. The maximum absolute atomic E-state index is 11.6. The third kappa shape index (κ3) is 2.88. The van der Waals surface area contributed by atoms with Gasteiger partial charge in [-0.15, -0.1) is 11.3 Å². The van der Waals surface area contributed by atoms with E-state index in [0.717, 1.165) is 30.0 Å². The Labute approximate surface area is 143 Å². The minimum atomic E-state index is -0.675. The molecule has 1 atom stereocenters. The lowest BCUT2D eigenvalue weighted by atomic mass is 10.0. The van der Waals surface area contributed by atoms with Crippen molar-refractivity contribution < 1.29 is 9.90 Å². The van der Waals surface area contributed by atoms with Crippen molar-refractivity contribution in [3.05, 3.63) is 48.5 Å². The molecule has 1 unspecified atom stereocenters. The van der Waals surface area contributed by atoms with Crippen LogP contribution in [0.4, 0.5) is 10.5 Å². The molecule has 2 amide bonds. The number of carbonyl (C=O) groups excluding carboxylic acids is 1. The maximum atomic E-state index is 11.6. The van der Waals surface area contributed by atoms with Crippen molar-refractivity contribution in [3.8, 4) is 0 Å². The van der Waals surface area contributed by atoms with Crippen LogP contribution in [0.15, 0.2) is 32.5 Å². The maximum Gasteiger partial charge on any atom is 0.321 e. The predicted octanol–water partition coefficient (Wildman–Crippen LogP) is 4.33. The summed E-state index contributed by atoms with van der Waals surface area (Å²) in [6, 6.07) is 7.43. The average molecular weight is 432 g/mol. The Balaban J connectivity index is 1.93. The van der Waals surface area contributed by atoms with Gasteiger partial charge in [-0.25, -0.2) is 4.79 Å². The number of fused-ring (bicyclic) bond motifs is 1. The summed E-state index contributed by atoms with van der Waals surface area (Å²) in [5.74, 6) is 0. The molecule has 0 radical (unpaired) electrons. The van der Waals surface area contributed by atoms with Crippen molar-refractivity contribution >= 4 is 54.9 Å². The molecule has 2 heterocycles. The molecule has 1 aliphatic rings. The summed E-state index contributed by atoms with van der Waals surface area (Å²) in [6.45, 7) is 0.541. The molecule has 1 aromatic heterocycles. The number of hydrogen-bond acceptors (Lipinski definition) is 3. The highest BCUT2D eigenvalue weighted by molar-refractivity contribution is 9.13. The third-order valence-corrected chi connectivity index (χ3v) is 6.68. The van der Waals surface area contributed by atoms with E-state index in [2.05, 4.69) is 37.2 Å². The van der Waals surface area contributed by atoms with Gasteiger partial charge in [0.1, 0.15) is 6.10 Å². The molecule has 0 saturated heterocycles. The van der Waals surface area contributed by atoms with E-state index in [-0.39, 0.29) is 6.03 Å². The number of nitrogens with zero attached hydrogens (tertiary/aromatic N) is 1. The third-order valence-electron chi connectivity index (χ3n) is 3.37. The minimum Gasteiger partial charge on any atom is -0.383 e. The number of carbonyl (C=O) groups is 1. The summed E-state index contributed by atoms with van der Waals surface area (Å²) in [6.07, 6.45) is -0.675. The number of aliphatic hydroxyl groups is 1. The number of aliphatic hydroxyl groups excluding tert-OH is 1. The van der Waals surface area contributed by atoms with E-state index in [1.54, 1.807) is 11.9 Å². The fraction of sp³-hybridized carbons (Fsp3) is 0.214. The lowest BCUT2D eigenvalue weighted by Gasteiger charge is -2.26. The Morgan fingerprint density at radius 3 is 2.81 bits per heavy atom. The number of thiophene rings is 1. The first kappa shape index (κ1) is 15.0. The number of anilines is 1. The van der Waals surface area contributed by atoms with E-state index in [9.17, 15) is 9.90 Å². The lowest BCUT2D eigenvalue weighted by Crippen LogP contribution is -2.35. The Kier molecular flexibility index (Phi) is 4.09. The largest absolute Gasteiger partial charge is 0.383 e. The molecule has 21 heavy (non-hydrogen) atoms. The zero-order valence-corrected chi connectivity index (χ0v) is 15.0. The van der Waals surface area contributed by atoms with Crippen LogP contribution in [-0.2, 0) is 6.54 Å². The van der Waals surface area contributed by atoms with Crippen molar-refractivity contribution in [2.24, 2.45) is 0 Å². The van der Waals surface area contributed by atoms with Gasteiger partial charge in [-0.1, -0.05) is 6.07 Å². The van der Waals surface area contributed by atoms with Crippen LogP contribution in [0.5, 0.6) is 0 Å². The second-order valence-electron chi connectivity index (χ2n) is 4.88. The number of rotatable bonds is 2. The summed E-state index contributed by atoms with van der Waals surface area (Å²) < 4.78 is 1.90. The molecule has 1 aromatic carbocycles. The smallest absolute Gasteiger partial charge is 0.321 e. The standard InChI is InChI=1S/C14H12Br2N2O2S/c1-18-6-8-4-7(2-3-10(8)17-14(18)20)12(19)11-5-9(15)13(16)21-11/h2-5,12,19H,6H2,1H3,(H,17,20). The Bertz CT molecular complexity index is 697. The number of amides is 2. The van der Waals surface area contributed by atoms with Crippen LogP contribution in [0.2, 0.25) is 0 Å². The molecule has 2 aromatic rings. The molecule has 2 N–H and O–H groups in total. The molecule has 4 nitrogen and oxygen atoms in total. The van der Waals surface area contributed by atoms with Gasteiger partial charge >= 0.3 is 6.03 Å². The van der Waals surface area contributed by atoms with E-state index in [4.69, 9.17) is 0 Å². The molecule has 0 bridgehead atoms. The van der Waals surface area contributed by atoms with Crippen LogP contribution in [-0.4, -0.2) is 23.1 Å². The number of urea groups is 1. The Hall–Kier alpha value is -0.890. The molecule has 110 valence electrons. The molecular formula is C14H12Br2N2O2S. The molecule has 0 aliphatic carbocycles. The van der Waals surface area contributed by atoms with Gasteiger partial charge in [-0.05, 0) is 61.2 Å². The van der Waals surface area contributed by atoms with E-state index >= 15 is 0 Å². The molecular weight excluding hydrogens is 420 g/mol. The highest BCUT2D eigenvalue weighted by atomic mass is 79.9. The van der Waals surface area contributed by atoms with Gasteiger partial charge in [0, 0.05) is 28.6 Å². The zero-order chi connectivity index (χ0) is 15.1. The first-order valence-electron chi connectivity index (χ1n) is 6.23. The van der Waals surface area contributed by atoms with Crippen LogP contribution >= 0.6 is 43.2 Å². The van der Waals surface area contributed by atoms with Gasteiger partial charge in [0.15, 0.2) is 0 Å². The zero-order valence-electron chi connectivity index (χ0n) is 11.1. The van der Waals surface area contributed by atoms with Gasteiger partial charge in [-0.2, -0.15) is 0 Å². The van der Waals surface area contributed by atoms with Crippen LogP contribution in [0, 0.1) is 0 Å². The SMILES string of the molecule is CN1Cc2cc(C(O)c3cc(Br)c(Br)s3)ccc2NC1=O. The Morgan fingerprint density at radius 1 is 1.38 bits per heavy atom. The van der Waals surface area contributed by atoms with Crippen LogP contribution in [0.3, 0.4) is 0 Å². The topological polar surface area (TPSA) is 52.6 Å². The second kappa shape index (κ2) is 5.72. The predicted molar refractivity (Wildman–Crippen MR) is 90.7 cm³/mol. The average Bonchev–Trinajstić information content (AvgIpc) is 2.79. The highest BCUT2D eigenvalue weighted by Gasteiger charge is 2.22. The van der Waals surface area contributed by atoms with E-state index in [1.165, 1.54) is 11.3 Å². The molecule has 3 rings (SSSR count). The summed E-state index contributed by atoms with van der Waals surface area (Å²) in [4.78, 5) is 14.1. The lowest BCUT2D eigenvalue weighted by molar-refractivity contribution is 0.217. The normalized spacial score (nSPS) is 15.6. The van der Waals surface area contributed by atoms with Crippen molar-refractivity contribution in [2.75, 3.05) is 12.4 Å². The van der Waals surface area contributed by atoms with Gasteiger partial charge in [0.25, 0.3) is 0 Å². The molecule has 7 heteroatoms.